The van der Waals surface area contributed by atoms with Crippen LogP contribution < -0.4 is 20.1 Å². The molecule has 0 spiro atoms. The molecule has 0 radical (unpaired) electrons. The van der Waals surface area contributed by atoms with Gasteiger partial charge in [0.15, 0.2) is 11.5 Å². The van der Waals surface area contributed by atoms with Crippen molar-refractivity contribution in [2.24, 2.45) is 0 Å². The lowest BCUT2D eigenvalue weighted by molar-refractivity contribution is -0.121. The van der Waals surface area contributed by atoms with E-state index in [0.29, 0.717) is 38.4 Å². The van der Waals surface area contributed by atoms with Crippen molar-refractivity contribution in [3.63, 3.8) is 0 Å². The van der Waals surface area contributed by atoms with Gasteiger partial charge in [-0.05, 0) is 30.7 Å². The molecule has 0 saturated carbocycles. The Hall–Kier alpha value is -3.15. The first-order valence-electron chi connectivity index (χ1n) is 9.71. The fourth-order valence-corrected chi connectivity index (χ4v) is 4.45. The van der Waals surface area contributed by atoms with Gasteiger partial charge >= 0.3 is 0 Å². The van der Waals surface area contributed by atoms with Gasteiger partial charge in [0.1, 0.15) is 0 Å². The lowest BCUT2D eigenvalue weighted by Gasteiger charge is -2.26. The maximum atomic E-state index is 12.4. The summed E-state index contributed by atoms with van der Waals surface area (Å²) >= 11 is 7.20. The topological polar surface area (TPSA) is 100 Å². The first kappa shape index (κ1) is 23.5. The molecule has 0 aliphatic carbocycles. The van der Waals surface area contributed by atoms with Crippen LogP contribution in [0, 0.1) is 18.3 Å². The molecule has 1 unspecified atom stereocenters. The van der Waals surface area contributed by atoms with E-state index in [9.17, 15) is 14.9 Å². The van der Waals surface area contributed by atoms with E-state index in [1.165, 1.54) is 14.2 Å². The predicted molar refractivity (Wildman–Crippen MR) is 125 cm³/mol. The number of methoxy groups -OCH3 is 2. The number of aryl methyl sites for hydroxylation is 1. The number of carbonyl (C=O) groups excluding carboxylic acids is 2. The Morgan fingerprint density at radius 1 is 1.31 bits per heavy atom. The summed E-state index contributed by atoms with van der Waals surface area (Å²) in [7, 11) is 3.04. The van der Waals surface area contributed by atoms with Crippen LogP contribution in [0.4, 0.5) is 5.69 Å². The summed E-state index contributed by atoms with van der Waals surface area (Å²) in [6.07, 6.45) is 0.0878. The van der Waals surface area contributed by atoms with Crippen molar-refractivity contribution in [2.75, 3.05) is 25.3 Å². The SMILES string of the molecule is COc1cccc(C2CC(=O)NC(SCC(=O)Nc3ccc(C)c(Cl)c3)=C2C#N)c1OC. The van der Waals surface area contributed by atoms with Crippen LogP contribution in [-0.2, 0) is 9.59 Å². The highest BCUT2D eigenvalue weighted by molar-refractivity contribution is 8.03. The zero-order valence-corrected chi connectivity index (χ0v) is 19.4. The number of allylic oxidation sites excluding steroid dienone is 1. The summed E-state index contributed by atoms with van der Waals surface area (Å²) in [6, 6.07) is 12.8. The summed E-state index contributed by atoms with van der Waals surface area (Å²) in [5.41, 5.74) is 2.53. The normalized spacial score (nSPS) is 15.6. The van der Waals surface area contributed by atoms with Crippen molar-refractivity contribution in [2.45, 2.75) is 19.3 Å². The average molecular weight is 472 g/mol. The molecule has 2 aromatic rings. The van der Waals surface area contributed by atoms with Crippen molar-refractivity contribution in [1.82, 2.24) is 5.32 Å². The van der Waals surface area contributed by atoms with Crippen molar-refractivity contribution in [1.29, 1.82) is 5.26 Å². The molecule has 1 aliphatic heterocycles. The van der Waals surface area contributed by atoms with Gasteiger partial charge in [-0.3, -0.25) is 9.59 Å². The fraction of sp³-hybridized carbons (Fsp3) is 0.261. The molecule has 0 saturated heterocycles. The van der Waals surface area contributed by atoms with E-state index in [0.717, 1.165) is 17.3 Å². The molecular formula is C23H22ClN3O4S. The van der Waals surface area contributed by atoms with Gasteiger partial charge in [0, 0.05) is 28.6 Å². The van der Waals surface area contributed by atoms with E-state index in [4.69, 9.17) is 21.1 Å². The number of anilines is 1. The van der Waals surface area contributed by atoms with Crippen LogP contribution in [0.25, 0.3) is 0 Å². The molecular weight excluding hydrogens is 450 g/mol. The van der Waals surface area contributed by atoms with Gasteiger partial charge < -0.3 is 20.1 Å². The number of rotatable bonds is 7. The molecule has 1 atom stereocenters. The summed E-state index contributed by atoms with van der Waals surface area (Å²) in [4.78, 5) is 24.9. The summed E-state index contributed by atoms with van der Waals surface area (Å²) in [6.45, 7) is 1.87. The molecule has 2 aromatic carbocycles. The van der Waals surface area contributed by atoms with E-state index in [-0.39, 0.29) is 24.0 Å². The number of para-hydroxylation sites is 1. The zero-order valence-electron chi connectivity index (χ0n) is 17.8. The van der Waals surface area contributed by atoms with E-state index in [1.54, 1.807) is 30.3 Å². The standard InChI is InChI=1S/C23H22ClN3O4S/c1-13-7-8-14(9-18(13)24)26-21(29)12-32-23-17(11-25)16(10-20(28)27-23)15-5-4-6-19(30-2)22(15)31-3/h4-9,16H,10,12H2,1-3H3,(H,26,29)(H,27,28). The quantitative estimate of drug-likeness (QED) is 0.621. The van der Waals surface area contributed by atoms with Gasteiger partial charge in [-0.1, -0.05) is 41.6 Å². The van der Waals surface area contributed by atoms with Crippen LogP contribution in [-0.4, -0.2) is 31.8 Å². The number of hydrogen-bond acceptors (Lipinski definition) is 6. The molecule has 166 valence electrons. The lowest BCUT2D eigenvalue weighted by Crippen LogP contribution is -2.31. The Balaban J connectivity index is 1.83. The minimum Gasteiger partial charge on any atom is -0.493 e. The van der Waals surface area contributed by atoms with Crippen LogP contribution in [0.2, 0.25) is 5.02 Å². The van der Waals surface area contributed by atoms with Crippen LogP contribution in [0.5, 0.6) is 11.5 Å². The number of thioether (sulfide) groups is 1. The third kappa shape index (κ3) is 5.18. The maximum absolute atomic E-state index is 12.4. The molecule has 9 heteroatoms. The molecule has 7 nitrogen and oxygen atoms in total. The Bertz CT molecular complexity index is 1130. The molecule has 1 aliphatic rings. The van der Waals surface area contributed by atoms with Gasteiger partial charge in [-0.25, -0.2) is 0 Å². The Morgan fingerprint density at radius 2 is 2.09 bits per heavy atom. The number of amides is 2. The van der Waals surface area contributed by atoms with Crippen molar-refractivity contribution in [3.05, 3.63) is 63.1 Å². The third-order valence-corrected chi connectivity index (χ3v) is 6.39. The number of carbonyl (C=O) groups is 2. The molecule has 2 N–H and O–H groups in total. The minimum atomic E-state index is -0.514. The van der Waals surface area contributed by atoms with Crippen LogP contribution in [0.1, 0.15) is 23.5 Å². The van der Waals surface area contributed by atoms with E-state index in [2.05, 4.69) is 16.7 Å². The smallest absolute Gasteiger partial charge is 0.234 e. The molecule has 0 bridgehead atoms. The van der Waals surface area contributed by atoms with E-state index in [1.807, 2.05) is 13.0 Å². The number of hydrogen-bond donors (Lipinski definition) is 2. The average Bonchev–Trinajstić information content (AvgIpc) is 2.79. The second-order valence-corrected chi connectivity index (χ2v) is 8.44. The molecule has 1 heterocycles. The van der Waals surface area contributed by atoms with E-state index >= 15 is 0 Å². The number of nitriles is 1. The van der Waals surface area contributed by atoms with Gasteiger partial charge in [0.2, 0.25) is 11.8 Å². The third-order valence-electron chi connectivity index (χ3n) is 4.97. The molecule has 3 rings (SSSR count). The maximum Gasteiger partial charge on any atom is 0.234 e. The number of benzene rings is 2. The number of halogens is 1. The first-order valence-corrected chi connectivity index (χ1v) is 11.1. The zero-order chi connectivity index (χ0) is 23.3. The highest BCUT2D eigenvalue weighted by Gasteiger charge is 2.32. The van der Waals surface area contributed by atoms with Gasteiger partial charge in [-0.15, -0.1) is 0 Å². The van der Waals surface area contributed by atoms with E-state index < -0.39 is 5.92 Å². The first-order chi connectivity index (χ1) is 15.4. The fourth-order valence-electron chi connectivity index (χ4n) is 3.39. The molecule has 32 heavy (non-hydrogen) atoms. The van der Waals surface area contributed by atoms with Crippen molar-refractivity contribution < 1.29 is 19.1 Å². The Labute approximate surface area is 195 Å². The van der Waals surface area contributed by atoms with Crippen molar-refractivity contribution in [3.8, 4) is 17.6 Å². The summed E-state index contributed by atoms with van der Waals surface area (Å²) in [5, 5.41) is 16.3. The Kier molecular flexibility index (Phi) is 7.67. The second-order valence-electron chi connectivity index (χ2n) is 7.04. The largest absolute Gasteiger partial charge is 0.493 e. The highest BCUT2D eigenvalue weighted by atomic mass is 35.5. The monoisotopic (exact) mass is 471 g/mol. The Morgan fingerprint density at radius 3 is 2.75 bits per heavy atom. The minimum absolute atomic E-state index is 0.00819. The lowest BCUT2D eigenvalue weighted by atomic mass is 9.86. The van der Waals surface area contributed by atoms with Gasteiger partial charge in [0.05, 0.1) is 36.6 Å². The van der Waals surface area contributed by atoms with Gasteiger partial charge in [-0.2, -0.15) is 5.26 Å². The predicted octanol–water partition coefficient (Wildman–Crippen LogP) is 4.38. The molecule has 0 aromatic heterocycles. The summed E-state index contributed by atoms with van der Waals surface area (Å²) in [5.74, 6) is -0.0457. The summed E-state index contributed by atoms with van der Waals surface area (Å²) < 4.78 is 10.8. The van der Waals surface area contributed by atoms with Crippen LogP contribution in [0.3, 0.4) is 0 Å². The highest BCUT2D eigenvalue weighted by Crippen LogP contribution is 2.43. The number of ether oxygens (including phenoxy) is 2. The number of nitrogens with one attached hydrogen (secondary N) is 2. The van der Waals surface area contributed by atoms with Crippen LogP contribution >= 0.6 is 23.4 Å². The van der Waals surface area contributed by atoms with Crippen molar-refractivity contribution >= 4 is 40.9 Å². The second kappa shape index (κ2) is 10.4. The van der Waals surface area contributed by atoms with Gasteiger partial charge in [0.25, 0.3) is 0 Å². The molecule has 0 fully saturated rings. The molecule has 2 amide bonds. The van der Waals surface area contributed by atoms with Crippen LogP contribution in [0.15, 0.2) is 47.0 Å². The number of nitrogens with zero attached hydrogens (tertiary/aromatic N) is 1.